The Kier molecular flexibility index (Phi) is 49.3. The minimum atomic E-state index is -0.775. The van der Waals surface area contributed by atoms with Gasteiger partial charge < -0.3 is 14.2 Å². The topological polar surface area (TPSA) is 78.9 Å². The van der Waals surface area contributed by atoms with Gasteiger partial charge in [0, 0.05) is 19.3 Å². The van der Waals surface area contributed by atoms with Crippen molar-refractivity contribution in [2.24, 2.45) is 0 Å². The summed E-state index contributed by atoms with van der Waals surface area (Å²) in [7, 11) is 0. The first kappa shape index (κ1) is 59.6. The van der Waals surface area contributed by atoms with Gasteiger partial charge in [0.05, 0.1) is 0 Å². The fourth-order valence-electron chi connectivity index (χ4n) is 7.75. The molecule has 62 heavy (non-hydrogen) atoms. The summed E-state index contributed by atoms with van der Waals surface area (Å²) in [5, 5.41) is 0. The van der Waals surface area contributed by atoms with Crippen LogP contribution in [0.5, 0.6) is 0 Å². The number of esters is 3. The average Bonchev–Trinajstić information content (AvgIpc) is 3.27. The Morgan fingerprint density at radius 1 is 0.323 bits per heavy atom. The minimum absolute atomic E-state index is 0.0760. The fraction of sp³-hybridized carbons (Fsp3) is 0.839. The number of unbranched alkanes of at least 4 members (excludes halogenated alkanes) is 32. The molecule has 0 saturated carbocycles. The molecule has 1 atom stereocenters. The standard InChI is InChI=1S/C56H102O6/c1-4-7-10-13-16-19-21-23-25-26-27-28-29-30-31-33-34-37-40-43-46-49-55(58)61-52-53(51-60-54(57)48-45-42-39-36-18-15-12-9-6-3)62-56(59)50-47-44-41-38-35-32-24-22-20-17-14-11-8-5-2/h14,17,22,24,26-27,53H,4-13,15-16,18-21,23,25,28-52H2,1-3H3/b17-14-,24-22-,27-26-. The molecule has 0 spiro atoms. The molecule has 0 aliphatic heterocycles. The number of carbonyl (C=O) groups excluding carboxylic acids is 3. The third-order valence-corrected chi connectivity index (χ3v) is 11.9. The molecule has 0 fully saturated rings. The maximum Gasteiger partial charge on any atom is 0.306 e. The van der Waals surface area contributed by atoms with Crippen LogP contribution in [-0.2, 0) is 28.6 Å². The summed E-state index contributed by atoms with van der Waals surface area (Å²) >= 11 is 0. The van der Waals surface area contributed by atoms with Gasteiger partial charge in [0.25, 0.3) is 0 Å². The molecule has 0 aliphatic carbocycles. The van der Waals surface area contributed by atoms with Crippen LogP contribution in [0.3, 0.4) is 0 Å². The van der Waals surface area contributed by atoms with E-state index in [-0.39, 0.29) is 31.1 Å². The molecule has 0 heterocycles. The molecule has 0 amide bonds. The molecule has 0 aromatic carbocycles. The summed E-state index contributed by atoms with van der Waals surface area (Å²) in [5.41, 5.74) is 0. The van der Waals surface area contributed by atoms with Gasteiger partial charge in [-0.05, 0) is 70.6 Å². The fourth-order valence-corrected chi connectivity index (χ4v) is 7.75. The molecule has 0 aromatic heterocycles. The summed E-state index contributed by atoms with van der Waals surface area (Å²) in [4.78, 5) is 37.9. The van der Waals surface area contributed by atoms with E-state index in [1.165, 1.54) is 161 Å². The Bertz CT molecular complexity index is 1050. The Labute approximate surface area is 385 Å². The molecule has 0 aromatic rings. The molecule has 0 radical (unpaired) electrons. The van der Waals surface area contributed by atoms with Crippen molar-refractivity contribution in [1.29, 1.82) is 0 Å². The van der Waals surface area contributed by atoms with Gasteiger partial charge in [0.1, 0.15) is 13.2 Å². The normalized spacial score (nSPS) is 12.2. The second-order valence-corrected chi connectivity index (χ2v) is 18.1. The summed E-state index contributed by atoms with van der Waals surface area (Å²) in [6.45, 7) is 6.59. The Morgan fingerprint density at radius 3 is 0.952 bits per heavy atom. The zero-order chi connectivity index (χ0) is 45.1. The predicted octanol–water partition coefficient (Wildman–Crippen LogP) is 17.7. The van der Waals surface area contributed by atoms with Crippen LogP contribution < -0.4 is 0 Å². The lowest BCUT2D eigenvalue weighted by Crippen LogP contribution is -2.30. The number of hydrogen-bond acceptors (Lipinski definition) is 6. The van der Waals surface area contributed by atoms with Gasteiger partial charge in [0.2, 0.25) is 0 Å². The molecular weight excluding hydrogens is 769 g/mol. The molecular formula is C56H102O6. The van der Waals surface area contributed by atoms with Crippen molar-refractivity contribution in [3.05, 3.63) is 36.5 Å². The van der Waals surface area contributed by atoms with E-state index in [0.717, 1.165) is 83.5 Å². The molecule has 6 nitrogen and oxygen atoms in total. The Hall–Kier alpha value is -2.37. The second-order valence-electron chi connectivity index (χ2n) is 18.1. The number of allylic oxidation sites excluding steroid dienone is 6. The quantitative estimate of drug-likeness (QED) is 0.0262. The third-order valence-electron chi connectivity index (χ3n) is 11.9. The largest absolute Gasteiger partial charge is 0.462 e. The molecule has 0 bridgehead atoms. The van der Waals surface area contributed by atoms with Crippen molar-refractivity contribution >= 4 is 17.9 Å². The smallest absolute Gasteiger partial charge is 0.306 e. The lowest BCUT2D eigenvalue weighted by molar-refractivity contribution is -0.167. The zero-order valence-corrected chi connectivity index (χ0v) is 41.4. The van der Waals surface area contributed by atoms with Crippen molar-refractivity contribution in [2.45, 2.75) is 290 Å². The minimum Gasteiger partial charge on any atom is -0.462 e. The highest BCUT2D eigenvalue weighted by Crippen LogP contribution is 2.15. The Morgan fingerprint density at radius 2 is 0.597 bits per heavy atom. The van der Waals surface area contributed by atoms with E-state index in [4.69, 9.17) is 14.2 Å². The van der Waals surface area contributed by atoms with Crippen molar-refractivity contribution in [2.75, 3.05) is 13.2 Å². The molecule has 1 unspecified atom stereocenters. The van der Waals surface area contributed by atoms with E-state index in [9.17, 15) is 14.4 Å². The first-order chi connectivity index (χ1) is 30.5. The highest BCUT2D eigenvalue weighted by atomic mass is 16.6. The highest BCUT2D eigenvalue weighted by Gasteiger charge is 2.19. The lowest BCUT2D eigenvalue weighted by atomic mass is 10.1. The van der Waals surface area contributed by atoms with Crippen LogP contribution in [0, 0.1) is 0 Å². The van der Waals surface area contributed by atoms with Gasteiger partial charge in [-0.2, -0.15) is 0 Å². The first-order valence-electron chi connectivity index (χ1n) is 27.0. The molecule has 0 saturated heterocycles. The van der Waals surface area contributed by atoms with Crippen LogP contribution in [0.4, 0.5) is 0 Å². The van der Waals surface area contributed by atoms with Crippen LogP contribution in [0.1, 0.15) is 284 Å². The van der Waals surface area contributed by atoms with Crippen molar-refractivity contribution < 1.29 is 28.6 Å². The van der Waals surface area contributed by atoms with E-state index in [2.05, 4.69) is 57.2 Å². The van der Waals surface area contributed by atoms with Crippen LogP contribution in [0.2, 0.25) is 0 Å². The third kappa shape index (κ3) is 48.7. The van der Waals surface area contributed by atoms with Crippen LogP contribution in [-0.4, -0.2) is 37.2 Å². The molecule has 0 rings (SSSR count). The first-order valence-corrected chi connectivity index (χ1v) is 27.0. The molecule has 0 aliphatic rings. The van der Waals surface area contributed by atoms with Gasteiger partial charge >= 0.3 is 17.9 Å². The maximum absolute atomic E-state index is 12.8. The van der Waals surface area contributed by atoms with Gasteiger partial charge in [-0.25, -0.2) is 0 Å². The van der Waals surface area contributed by atoms with Crippen LogP contribution in [0.25, 0.3) is 0 Å². The van der Waals surface area contributed by atoms with E-state index in [0.29, 0.717) is 19.3 Å². The van der Waals surface area contributed by atoms with Gasteiger partial charge in [-0.15, -0.1) is 0 Å². The maximum atomic E-state index is 12.8. The summed E-state index contributed by atoms with van der Waals surface area (Å²) in [5.74, 6) is -0.885. The van der Waals surface area contributed by atoms with E-state index < -0.39 is 6.10 Å². The summed E-state index contributed by atoms with van der Waals surface area (Å²) in [6.07, 6.45) is 60.0. The number of ether oxygens (including phenoxy) is 3. The zero-order valence-electron chi connectivity index (χ0n) is 41.4. The van der Waals surface area contributed by atoms with Crippen molar-refractivity contribution in [1.82, 2.24) is 0 Å². The van der Waals surface area contributed by atoms with Crippen molar-refractivity contribution in [3.63, 3.8) is 0 Å². The average molecular weight is 871 g/mol. The lowest BCUT2D eigenvalue weighted by Gasteiger charge is -2.18. The van der Waals surface area contributed by atoms with Crippen LogP contribution in [0.15, 0.2) is 36.5 Å². The van der Waals surface area contributed by atoms with Gasteiger partial charge in [-0.3, -0.25) is 14.4 Å². The second kappa shape index (κ2) is 51.3. The van der Waals surface area contributed by atoms with E-state index in [1.54, 1.807) is 0 Å². The highest BCUT2D eigenvalue weighted by molar-refractivity contribution is 5.71. The predicted molar refractivity (Wildman–Crippen MR) is 266 cm³/mol. The number of carbonyl (C=O) groups is 3. The SMILES string of the molecule is CCCC/C=C\C/C=C\CCCCCCCC(=O)OC(COC(=O)CCCCCCCCCCC)COC(=O)CCCCCCCCCCC/C=C\CCCCCCCCCC. The number of rotatable bonds is 49. The summed E-state index contributed by atoms with van der Waals surface area (Å²) in [6, 6.07) is 0. The van der Waals surface area contributed by atoms with Gasteiger partial charge in [0.15, 0.2) is 6.10 Å². The number of hydrogen-bond donors (Lipinski definition) is 0. The molecule has 0 N–H and O–H groups in total. The van der Waals surface area contributed by atoms with Crippen LogP contribution >= 0.6 is 0 Å². The van der Waals surface area contributed by atoms with Crippen molar-refractivity contribution in [3.8, 4) is 0 Å². The summed E-state index contributed by atoms with van der Waals surface area (Å²) < 4.78 is 16.8. The van der Waals surface area contributed by atoms with Gasteiger partial charge in [-0.1, -0.05) is 231 Å². The van der Waals surface area contributed by atoms with E-state index >= 15 is 0 Å². The molecule has 6 heteroatoms. The Balaban J connectivity index is 4.25. The monoisotopic (exact) mass is 871 g/mol. The van der Waals surface area contributed by atoms with E-state index in [1.807, 2.05) is 0 Å². The molecule has 362 valence electrons.